The first-order valence-electron chi connectivity index (χ1n) is 13.3. The topological polar surface area (TPSA) is 3.24 Å². The van der Waals surface area contributed by atoms with Crippen LogP contribution in [0.1, 0.15) is 48.6 Å². The van der Waals surface area contributed by atoms with Gasteiger partial charge in [-0.3, -0.25) is 0 Å². The van der Waals surface area contributed by atoms with Crippen molar-refractivity contribution in [2.75, 3.05) is 4.90 Å². The molecule has 0 saturated carbocycles. The second-order valence-electron chi connectivity index (χ2n) is 11.6. The van der Waals surface area contributed by atoms with Crippen LogP contribution in [0.5, 0.6) is 0 Å². The summed E-state index contributed by atoms with van der Waals surface area (Å²) in [5.74, 6) is 0. The fourth-order valence-electron chi connectivity index (χ4n) is 6.76. The predicted octanol–water partition coefficient (Wildman–Crippen LogP) is 9.42. The molecule has 1 spiro atoms. The van der Waals surface area contributed by atoms with Crippen LogP contribution in [-0.4, -0.2) is 0 Å². The van der Waals surface area contributed by atoms with Crippen molar-refractivity contribution in [3.8, 4) is 11.1 Å². The van der Waals surface area contributed by atoms with Gasteiger partial charge in [0, 0.05) is 5.69 Å². The monoisotopic (exact) mass is 477 g/mol. The zero-order chi connectivity index (χ0) is 25.2. The van der Waals surface area contributed by atoms with Crippen molar-refractivity contribution >= 4 is 17.1 Å². The van der Waals surface area contributed by atoms with Gasteiger partial charge < -0.3 is 4.90 Å². The van der Waals surface area contributed by atoms with E-state index in [0.29, 0.717) is 0 Å². The van der Waals surface area contributed by atoms with Gasteiger partial charge in [-0.15, -0.1) is 0 Å². The summed E-state index contributed by atoms with van der Waals surface area (Å²) in [4.78, 5) is 2.48. The maximum absolute atomic E-state index is 2.48. The highest BCUT2D eigenvalue weighted by molar-refractivity contribution is 5.95. The molecule has 0 unspecified atom stereocenters. The molecule has 0 atom stereocenters. The van der Waals surface area contributed by atoms with E-state index in [1.807, 2.05) is 0 Å². The summed E-state index contributed by atoms with van der Waals surface area (Å²) in [7, 11) is 0. The molecule has 0 radical (unpaired) electrons. The smallest absolute Gasteiger partial charge is 0.0754 e. The van der Waals surface area contributed by atoms with Crippen LogP contribution < -0.4 is 4.90 Å². The van der Waals surface area contributed by atoms with Crippen molar-refractivity contribution in [2.45, 2.75) is 32.6 Å². The van der Waals surface area contributed by atoms with Gasteiger partial charge >= 0.3 is 0 Å². The van der Waals surface area contributed by atoms with E-state index in [1.165, 1.54) is 56.0 Å². The third kappa shape index (κ3) is 3.17. The Balaban J connectivity index is 1.55. The summed E-state index contributed by atoms with van der Waals surface area (Å²) >= 11 is 0. The average Bonchev–Trinajstić information content (AvgIpc) is 3.20. The van der Waals surface area contributed by atoms with Gasteiger partial charge in [0.05, 0.1) is 16.8 Å². The maximum Gasteiger partial charge on any atom is 0.0754 e. The largest absolute Gasteiger partial charge is 0.310 e. The Morgan fingerprint density at radius 3 is 1.57 bits per heavy atom. The number of para-hydroxylation sites is 2. The van der Waals surface area contributed by atoms with Gasteiger partial charge in [-0.05, 0) is 75.0 Å². The third-order valence-electron chi connectivity index (χ3n) is 7.95. The number of rotatable bonds is 2. The second-order valence-corrected chi connectivity index (χ2v) is 11.6. The molecule has 0 saturated heterocycles. The fourth-order valence-corrected chi connectivity index (χ4v) is 6.76. The number of hydrogen-bond acceptors (Lipinski definition) is 1. The van der Waals surface area contributed by atoms with Crippen LogP contribution in [0.3, 0.4) is 0 Å². The maximum atomic E-state index is 2.48. The Hall–Kier alpha value is -4.10. The molecule has 0 N–H and O–H groups in total. The van der Waals surface area contributed by atoms with E-state index in [-0.39, 0.29) is 10.8 Å². The molecule has 1 heteroatoms. The lowest BCUT2D eigenvalue weighted by Gasteiger charge is -2.45. The number of hydrogen-bond donors (Lipinski definition) is 0. The minimum atomic E-state index is -0.347. The second kappa shape index (κ2) is 7.95. The molecular weight excluding hydrogens is 446 g/mol. The molecule has 37 heavy (non-hydrogen) atoms. The first kappa shape index (κ1) is 22.1. The summed E-state index contributed by atoms with van der Waals surface area (Å²) in [6.45, 7) is 6.93. The van der Waals surface area contributed by atoms with E-state index >= 15 is 0 Å². The van der Waals surface area contributed by atoms with Gasteiger partial charge in [0.1, 0.15) is 0 Å². The van der Waals surface area contributed by atoms with Crippen LogP contribution in [0.15, 0.2) is 121 Å². The lowest BCUT2D eigenvalue weighted by molar-refractivity contribution is 0.411. The Bertz CT molecular complexity index is 1560. The molecule has 2 aliphatic rings. The highest BCUT2D eigenvalue weighted by atomic mass is 15.2. The highest BCUT2D eigenvalue weighted by Crippen LogP contribution is 2.63. The molecule has 0 amide bonds. The molecule has 1 nitrogen and oxygen atoms in total. The van der Waals surface area contributed by atoms with Crippen molar-refractivity contribution in [3.63, 3.8) is 0 Å². The van der Waals surface area contributed by atoms with Gasteiger partial charge in [-0.1, -0.05) is 118 Å². The van der Waals surface area contributed by atoms with Crippen molar-refractivity contribution < 1.29 is 0 Å². The molecule has 5 aromatic carbocycles. The number of nitrogens with zero attached hydrogens (tertiary/aromatic N) is 1. The van der Waals surface area contributed by atoms with Gasteiger partial charge in [0.25, 0.3) is 0 Å². The van der Waals surface area contributed by atoms with E-state index in [2.05, 4.69) is 147 Å². The standard InChI is InChI=1S/C36H31N/c1-35(2,3)24-25-13-12-14-26(23-25)37-33-21-10-8-19-31(33)36(32-20-9-11-22-34(32)37)29-17-6-4-15-27(29)28-16-5-7-18-30(28)36/h4-23H,24H2,1-3H3. The minimum absolute atomic E-state index is 0.234. The molecule has 5 aromatic rings. The molecular formula is C36H31N. The van der Waals surface area contributed by atoms with Crippen LogP contribution in [0.4, 0.5) is 17.1 Å². The van der Waals surface area contributed by atoms with Gasteiger partial charge in [0.2, 0.25) is 0 Å². The molecule has 1 aliphatic carbocycles. The molecule has 0 aromatic heterocycles. The average molecular weight is 478 g/mol. The van der Waals surface area contributed by atoms with Gasteiger partial charge in [-0.2, -0.15) is 0 Å². The summed E-state index contributed by atoms with van der Waals surface area (Å²) in [6.07, 6.45) is 1.04. The Kier molecular flexibility index (Phi) is 4.75. The fraction of sp³-hybridized carbons (Fsp3) is 0.167. The Morgan fingerprint density at radius 2 is 1.03 bits per heavy atom. The zero-order valence-corrected chi connectivity index (χ0v) is 21.7. The quantitative estimate of drug-likeness (QED) is 0.240. The van der Waals surface area contributed by atoms with Crippen LogP contribution in [0.25, 0.3) is 11.1 Å². The first-order valence-corrected chi connectivity index (χ1v) is 13.3. The van der Waals surface area contributed by atoms with Crippen LogP contribution in [0.2, 0.25) is 0 Å². The zero-order valence-electron chi connectivity index (χ0n) is 21.7. The number of anilines is 3. The van der Waals surface area contributed by atoms with Crippen LogP contribution in [0, 0.1) is 5.41 Å². The number of benzene rings is 5. The van der Waals surface area contributed by atoms with E-state index in [1.54, 1.807) is 0 Å². The van der Waals surface area contributed by atoms with E-state index in [9.17, 15) is 0 Å². The predicted molar refractivity (Wildman–Crippen MR) is 155 cm³/mol. The summed E-state index contributed by atoms with van der Waals surface area (Å²) in [5, 5.41) is 0. The molecule has 7 rings (SSSR count). The summed E-state index contributed by atoms with van der Waals surface area (Å²) in [6, 6.07) is 45.1. The van der Waals surface area contributed by atoms with Crippen molar-refractivity contribution in [2.24, 2.45) is 5.41 Å². The summed E-state index contributed by atoms with van der Waals surface area (Å²) < 4.78 is 0. The first-order chi connectivity index (χ1) is 18.0. The van der Waals surface area contributed by atoms with E-state index < -0.39 is 0 Å². The lowest BCUT2D eigenvalue weighted by Crippen LogP contribution is -2.36. The molecule has 1 heterocycles. The van der Waals surface area contributed by atoms with Crippen molar-refractivity contribution in [1.82, 2.24) is 0 Å². The minimum Gasteiger partial charge on any atom is -0.310 e. The SMILES string of the molecule is CC(C)(C)Cc1cccc(N2c3ccccc3C3(c4ccccc4-c4ccccc43)c3ccccc32)c1. The Labute approximate surface area is 220 Å². The van der Waals surface area contributed by atoms with E-state index in [0.717, 1.165) is 6.42 Å². The third-order valence-corrected chi connectivity index (χ3v) is 7.95. The molecule has 180 valence electrons. The normalized spacial score (nSPS) is 14.6. The molecule has 1 aliphatic heterocycles. The summed E-state index contributed by atoms with van der Waals surface area (Å²) in [5.41, 5.74) is 13.1. The number of fused-ring (bicyclic) bond motifs is 9. The van der Waals surface area contributed by atoms with E-state index in [4.69, 9.17) is 0 Å². The van der Waals surface area contributed by atoms with Gasteiger partial charge in [-0.25, -0.2) is 0 Å². The van der Waals surface area contributed by atoms with Gasteiger partial charge in [0.15, 0.2) is 0 Å². The van der Waals surface area contributed by atoms with Crippen LogP contribution in [-0.2, 0) is 11.8 Å². The molecule has 0 fully saturated rings. The van der Waals surface area contributed by atoms with Crippen LogP contribution >= 0.6 is 0 Å². The molecule has 0 bridgehead atoms. The Morgan fingerprint density at radius 1 is 0.541 bits per heavy atom. The highest BCUT2D eigenvalue weighted by Gasteiger charge is 2.51. The lowest BCUT2D eigenvalue weighted by atomic mass is 9.64. The van der Waals surface area contributed by atoms with Crippen molar-refractivity contribution in [3.05, 3.63) is 149 Å². The van der Waals surface area contributed by atoms with Crippen molar-refractivity contribution in [1.29, 1.82) is 0 Å².